The van der Waals surface area contributed by atoms with E-state index in [2.05, 4.69) is 9.47 Å². The summed E-state index contributed by atoms with van der Waals surface area (Å²) in [4.78, 5) is 36.2. The molecule has 0 aliphatic rings. The van der Waals surface area contributed by atoms with Crippen molar-refractivity contribution in [3.8, 4) is 0 Å². The molecule has 0 bridgehead atoms. The number of hydrogen-bond donors (Lipinski definition) is 0. The minimum Gasteiger partial charge on any atom is -0.468 e. The van der Waals surface area contributed by atoms with E-state index in [1.54, 1.807) is 0 Å². The zero-order chi connectivity index (χ0) is 15.3. The third kappa shape index (κ3) is 3.31. The Labute approximate surface area is 115 Å². The lowest BCUT2D eigenvalue weighted by atomic mass is 10.1. The lowest BCUT2D eigenvalue weighted by Gasteiger charge is -2.21. The fraction of sp³-hybridized carbons (Fsp3) is 0.308. The Kier molecular flexibility index (Phi) is 5.19. The van der Waals surface area contributed by atoms with Crippen molar-refractivity contribution < 1.29 is 28.2 Å². The van der Waals surface area contributed by atoms with Gasteiger partial charge in [0, 0.05) is 12.7 Å². The second-order valence-corrected chi connectivity index (χ2v) is 3.85. The molecule has 6 nitrogen and oxygen atoms in total. The molecule has 0 radical (unpaired) electrons. The van der Waals surface area contributed by atoms with Crippen LogP contribution >= 0.6 is 0 Å². The number of carbonyl (C=O) groups excluding carboxylic acids is 3. The van der Waals surface area contributed by atoms with Crippen molar-refractivity contribution in [1.29, 1.82) is 0 Å². The maximum atomic E-state index is 12.8. The molecule has 7 heteroatoms. The van der Waals surface area contributed by atoms with Gasteiger partial charge in [0.1, 0.15) is 5.82 Å². The van der Waals surface area contributed by atoms with Crippen LogP contribution < -0.4 is 4.90 Å². The maximum absolute atomic E-state index is 12.8. The lowest BCUT2D eigenvalue weighted by Crippen LogP contribution is -2.42. The predicted octanol–water partition coefficient (Wildman–Crippen LogP) is 0.751. The maximum Gasteiger partial charge on any atom is 0.329 e. The Balaban J connectivity index is 3.02. The van der Waals surface area contributed by atoms with E-state index in [1.165, 1.54) is 19.2 Å². The minimum atomic E-state index is -1.71. The Hall–Kier alpha value is -2.44. The molecule has 0 aliphatic heterocycles. The van der Waals surface area contributed by atoms with Gasteiger partial charge in [-0.1, -0.05) is 0 Å². The van der Waals surface area contributed by atoms with E-state index in [9.17, 15) is 18.8 Å². The van der Waals surface area contributed by atoms with Crippen LogP contribution in [0.15, 0.2) is 24.3 Å². The number of ether oxygens (including phenoxy) is 2. The molecule has 20 heavy (non-hydrogen) atoms. The number of nitrogens with zero attached hydrogens (tertiary/aromatic N) is 1. The van der Waals surface area contributed by atoms with Crippen molar-refractivity contribution >= 4 is 23.5 Å². The van der Waals surface area contributed by atoms with Crippen LogP contribution in [0.25, 0.3) is 0 Å². The highest BCUT2D eigenvalue weighted by Gasteiger charge is 2.38. The normalized spacial score (nSPS) is 10.1. The fourth-order valence-electron chi connectivity index (χ4n) is 1.52. The number of methoxy groups -OCH3 is 2. The lowest BCUT2D eigenvalue weighted by molar-refractivity contribution is -0.161. The van der Waals surface area contributed by atoms with Gasteiger partial charge in [-0.3, -0.25) is 14.4 Å². The molecule has 0 saturated heterocycles. The zero-order valence-electron chi connectivity index (χ0n) is 11.3. The number of halogens is 1. The number of benzene rings is 1. The van der Waals surface area contributed by atoms with Gasteiger partial charge in [0.15, 0.2) is 0 Å². The van der Waals surface area contributed by atoms with Crippen LogP contribution in [0, 0.1) is 11.7 Å². The summed E-state index contributed by atoms with van der Waals surface area (Å²) in [6, 6.07) is 5.01. The Bertz CT molecular complexity index is 498. The highest BCUT2D eigenvalue weighted by molar-refractivity contribution is 6.18. The number of rotatable bonds is 4. The van der Waals surface area contributed by atoms with Crippen molar-refractivity contribution in [2.24, 2.45) is 5.92 Å². The zero-order valence-corrected chi connectivity index (χ0v) is 11.3. The first kappa shape index (κ1) is 15.6. The standard InChI is InChI=1S/C13H14FNO5/c1-15(9-6-4-8(14)5-7-9)11(16)10(12(17)19-2)13(18)20-3/h4-7,10H,1-3H3. The molecule has 0 fully saturated rings. The van der Waals surface area contributed by atoms with Crippen LogP contribution in [0.2, 0.25) is 0 Å². The van der Waals surface area contributed by atoms with Crippen molar-refractivity contribution in [3.63, 3.8) is 0 Å². The van der Waals surface area contributed by atoms with Crippen molar-refractivity contribution in [3.05, 3.63) is 30.1 Å². The first-order chi connectivity index (χ1) is 9.42. The van der Waals surface area contributed by atoms with Gasteiger partial charge in [0.25, 0.3) is 5.91 Å². The summed E-state index contributed by atoms with van der Waals surface area (Å²) in [7, 11) is 3.47. The molecule has 0 spiro atoms. The third-order valence-electron chi connectivity index (χ3n) is 2.67. The third-order valence-corrected chi connectivity index (χ3v) is 2.67. The topological polar surface area (TPSA) is 72.9 Å². The molecule has 108 valence electrons. The van der Waals surface area contributed by atoms with Crippen LogP contribution in [-0.2, 0) is 23.9 Å². The molecular formula is C13H14FNO5. The first-order valence-electron chi connectivity index (χ1n) is 5.61. The molecule has 1 aromatic rings. The summed E-state index contributed by atoms with van der Waals surface area (Å²) in [6.07, 6.45) is 0. The molecule has 1 amide bonds. The molecule has 0 N–H and O–H groups in total. The number of esters is 2. The summed E-state index contributed by atoms with van der Waals surface area (Å²) in [5.41, 5.74) is 0.328. The van der Waals surface area contributed by atoms with Crippen molar-refractivity contribution in [2.45, 2.75) is 0 Å². The van der Waals surface area contributed by atoms with E-state index < -0.39 is 29.6 Å². The minimum absolute atomic E-state index is 0.328. The van der Waals surface area contributed by atoms with Crippen LogP contribution in [0.4, 0.5) is 10.1 Å². The van der Waals surface area contributed by atoms with Gasteiger partial charge in [-0.2, -0.15) is 0 Å². The van der Waals surface area contributed by atoms with E-state index in [-0.39, 0.29) is 0 Å². The van der Waals surface area contributed by atoms with E-state index in [1.807, 2.05) is 0 Å². The van der Waals surface area contributed by atoms with Crippen molar-refractivity contribution in [1.82, 2.24) is 0 Å². The molecule has 0 heterocycles. The van der Waals surface area contributed by atoms with Crippen LogP contribution in [-0.4, -0.2) is 39.1 Å². The van der Waals surface area contributed by atoms with Gasteiger partial charge >= 0.3 is 11.9 Å². The van der Waals surface area contributed by atoms with Crippen molar-refractivity contribution in [2.75, 3.05) is 26.2 Å². The van der Waals surface area contributed by atoms with Gasteiger partial charge < -0.3 is 14.4 Å². The molecule has 1 aromatic carbocycles. The highest BCUT2D eigenvalue weighted by atomic mass is 19.1. The SMILES string of the molecule is COC(=O)C(C(=O)OC)C(=O)N(C)c1ccc(F)cc1. The quantitative estimate of drug-likeness (QED) is 0.602. The van der Waals surface area contributed by atoms with E-state index in [0.29, 0.717) is 5.69 Å². The highest BCUT2D eigenvalue weighted by Crippen LogP contribution is 2.17. The number of amides is 1. The summed E-state index contributed by atoms with van der Waals surface area (Å²) in [5, 5.41) is 0. The second-order valence-electron chi connectivity index (χ2n) is 3.85. The second kappa shape index (κ2) is 6.65. The van der Waals surface area contributed by atoms with E-state index >= 15 is 0 Å². The predicted molar refractivity (Wildman–Crippen MR) is 67.3 cm³/mol. The van der Waals surface area contributed by atoms with Gasteiger partial charge in [0.2, 0.25) is 5.92 Å². The molecule has 0 aliphatic carbocycles. The molecular weight excluding hydrogens is 269 g/mol. The van der Waals surface area contributed by atoms with Crippen LogP contribution in [0.3, 0.4) is 0 Å². The molecule has 1 rings (SSSR count). The van der Waals surface area contributed by atoms with Gasteiger partial charge in [0.05, 0.1) is 14.2 Å². The fourth-order valence-corrected chi connectivity index (χ4v) is 1.52. The largest absolute Gasteiger partial charge is 0.468 e. The van der Waals surface area contributed by atoms with E-state index in [0.717, 1.165) is 31.3 Å². The first-order valence-corrected chi connectivity index (χ1v) is 5.61. The summed E-state index contributed by atoms with van der Waals surface area (Å²) < 4.78 is 21.7. The van der Waals surface area contributed by atoms with Gasteiger partial charge in [-0.25, -0.2) is 4.39 Å². The monoisotopic (exact) mass is 283 g/mol. The summed E-state index contributed by atoms with van der Waals surface area (Å²) in [5.74, 6) is -5.03. The summed E-state index contributed by atoms with van der Waals surface area (Å²) >= 11 is 0. The van der Waals surface area contributed by atoms with Gasteiger partial charge in [-0.15, -0.1) is 0 Å². The van der Waals surface area contributed by atoms with Crippen LogP contribution in [0.1, 0.15) is 0 Å². The molecule has 0 unspecified atom stereocenters. The Morgan fingerprint density at radius 1 is 1.05 bits per heavy atom. The summed E-state index contributed by atoms with van der Waals surface area (Å²) in [6.45, 7) is 0. The molecule has 0 aromatic heterocycles. The number of anilines is 1. The average Bonchev–Trinajstić information content (AvgIpc) is 2.46. The van der Waals surface area contributed by atoms with Crippen LogP contribution in [0.5, 0.6) is 0 Å². The average molecular weight is 283 g/mol. The Morgan fingerprint density at radius 3 is 1.90 bits per heavy atom. The molecule has 0 atom stereocenters. The van der Waals surface area contributed by atoms with Gasteiger partial charge in [-0.05, 0) is 24.3 Å². The number of hydrogen-bond acceptors (Lipinski definition) is 5. The molecule has 0 saturated carbocycles. The smallest absolute Gasteiger partial charge is 0.329 e. The number of carbonyl (C=O) groups is 3. The van der Waals surface area contributed by atoms with E-state index in [4.69, 9.17) is 0 Å². The Morgan fingerprint density at radius 2 is 1.50 bits per heavy atom.